The summed E-state index contributed by atoms with van der Waals surface area (Å²) in [4.78, 5) is 21.7. The van der Waals surface area contributed by atoms with Crippen LogP contribution in [0.3, 0.4) is 0 Å². The van der Waals surface area contributed by atoms with Crippen LogP contribution in [0.25, 0.3) is 0 Å². The van der Waals surface area contributed by atoms with Gasteiger partial charge >= 0.3 is 5.97 Å². The lowest BCUT2D eigenvalue weighted by atomic mass is 10.1. The number of ether oxygens (including phenoxy) is 1. The highest BCUT2D eigenvalue weighted by atomic mass is 32.2. The molecule has 0 aliphatic carbocycles. The number of carbonyl (C=O) groups excluding carboxylic acids is 2. The molecule has 0 rings (SSSR count). The number of hydrogen-bond donors (Lipinski definition) is 0. The number of hydrogen-bond acceptors (Lipinski definition) is 5. The maximum absolute atomic E-state index is 11.5. The van der Waals surface area contributed by atoms with Crippen molar-refractivity contribution in [1.29, 1.82) is 0 Å². The van der Waals surface area contributed by atoms with Crippen LogP contribution in [0.1, 0.15) is 26.7 Å². The van der Waals surface area contributed by atoms with Crippen LogP contribution in [0.15, 0.2) is 0 Å². The van der Waals surface area contributed by atoms with Crippen molar-refractivity contribution in [2.75, 3.05) is 12.9 Å². The van der Waals surface area contributed by atoms with Crippen molar-refractivity contribution in [3.63, 3.8) is 0 Å². The van der Waals surface area contributed by atoms with Gasteiger partial charge in [-0.3, -0.25) is 4.79 Å². The Hall–Kier alpha value is -0.910. The molecular weight excluding hydrogens is 220 g/mol. The van der Waals surface area contributed by atoms with Crippen LogP contribution in [-0.4, -0.2) is 38.3 Å². The fourth-order valence-corrected chi connectivity index (χ4v) is 1.91. The van der Waals surface area contributed by atoms with Gasteiger partial charge < -0.3 is 9.53 Å². The van der Waals surface area contributed by atoms with E-state index < -0.39 is 20.6 Å². The second-order valence-corrected chi connectivity index (χ2v) is 5.87. The van der Waals surface area contributed by atoms with Crippen LogP contribution in [0.4, 0.5) is 0 Å². The summed E-state index contributed by atoms with van der Waals surface area (Å²) >= 11 is 0. The van der Waals surface area contributed by atoms with Crippen LogP contribution in [0.5, 0.6) is 0 Å². The van der Waals surface area contributed by atoms with Crippen molar-refractivity contribution in [3.05, 3.63) is 0 Å². The fraction of sp³-hybridized carbons (Fsp3) is 0.778. The van der Waals surface area contributed by atoms with Gasteiger partial charge in [-0.1, -0.05) is 0 Å². The third-order valence-corrected chi connectivity index (χ3v) is 4.27. The molecule has 15 heavy (non-hydrogen) atoms. The van der Waals surface area contributed by atoms with Gasteiger partial charge in [-0.05, 0) is 20.3 Å². The zero-order valence-electron chi connectivity index (χ0n) is 9.15. The molecule has 0 aromatic carbocycles. The molecule has 1 atom stereocenters. The largest absolute Gasteiger partial charge is 0.465 e. The standard InChI is InChI=1S/C9H16O5S/c1-4-14-8(11)9(2,6-5-7-10)15(3,12)13/h7H,4-6H2,1-3H3/t9-/m1/s1. The molecule has 0 saturated carbocycles. The summed E-state index contributed by atoms with van der Waals surface area (Å²) in [6.07, 6.45) is 1.52. The molecule has 0 aromatic rings. The molecule has 88 valence electrons. The first-order valence-electron chi connectivity index (χ1n) is 4.60. The van der Waals surface area contributed by atoms with E-state index in [2.05, 4.69) is 0 Å². The van der Waals surface area contributed by atoms with Gasteiger partial charge in [0, 0.05) is 12.7 Å². The summed E-state index contributed by atoms with van der Waals surface area (Å²) < 4.78 is 26.0. The Kier molecular flexibility index (Phi) is 4.93. The second-order valence-electron chi connectivity index (χ2n) is 3.43. The van der Waals surface area contributed by atoms with Crippen LogP contribution >= 0.6 is 0 Å². The Labute approximate surface area is 89.7 Å². The quantitative estimate of drug-likeness (QED) is 0.490. The molecule has 0 heterocycles. The molecule has 5 nitrogen and oxygen atoms in total. The van der Waals surface area contributed by atoms with E-state index in [-0.39, 0.29) is 19.4 Å². The van der Waals surface area contributed by atoms with Crippen molar-refractivity contribution in [3.8, 4) is 0 Å². The number of esters is 1. The van der Waals surface area contributed by atoms with E-state index in [9.17, 15) is 18.0 Å². The van der Waals surface area contributed by atoms with Gasteiger partial charge in [0.1, 0.15) is 6.29 Å². The van der Waals surface area contributed by atoms with Crippen molar-refractivity contribution in [1.82, 2.24) is 0 Å². The van der Waals surface area contributed by atoms with E-state index in [1.165, 1.54) is 6.92 Å². The smallest absolute Gasteiger partial charge is 0.327 e. The van der Waals surface area contributed by atoms with Crippen molar-refractivity contribution >= 4 is 22.1 Å². The number of sulfone groups is 1. The molecule has 0 aliphatic heterocycles. The molecule has 0 radical (unpaired) electrons. The summed E-state index contributed by atoms with van der Waals surface area (Å²) in [7, 11) is -3.59. The van der Waals surface area contributed by atoms with Gasteiger partial charge in [-0.25, -0.2) is 8.42 Å². The molecule has 0 bridgehead atoms. The predicted molar refractivity (Wildman–Crippen MR) is 55.2 cm³/mol. The molecule has 6 heteroatoms. The van der Waals surface area contributed by atoms with E-state index in [1.54, 1.807) is 6.92 Å². The minimum absolute atomic E-state index is 0.0163. The molecule has 0 unspecified atom stereocenters. The average Bonchev–Trinajstić information content (AvgIpc) is 2.12. The second kappa shape index (κ2) is 5.25. The highest BCUT2D eigenvalue weighted by Crippen LogP contribution is 2.23. The van der Waals surface area contributed by atoms with Gasteiger partial charge in [0.2, 0.25) is 0 Å². The Morgan fingerprint density at radius 3 is 2.33 bits per heavy atom. The molecule has 0 aliphatic rings. The molecule has 0 amide bonds. The number of carbonyl (C=O) groups is 2. The molecule has 0 saturated heterocycles. The van der Waals surface area contributed by atoms with Gasteiger partial charge in [-0.2, -0.15) is 0 Å². The highest BCUT2D eigenvalue weighted by molar-refractivity contribution is 7.92. The van der Waals surface area contributed by atoms with Gasteiger partial charge in [0.05, 0.1) is 6.61 Å². The Balaban J connectivity index is 5.02. The highest BCUT2D eigenvalue weighted by Gasteiger charge is 2.44. The van der Waals surface area contributed by atoms with Crippen molar-refractivity contribution in [2.24, 2.45) is 0 Å². The Morgan fingerprint density at radius 1 is 1.47 bits per heavy atom. The van der Waals surface area contributed by atoms with Crippen LogP contribution in [-0.2, 0) is 24.2 Å². The van der Waals surface area contributed by atoms with E-state index in [1.807, 2.05) is 0 Å². The topological polar surface area (TPSA) is 77.5 Å². The lowest BCUT2D eigenvalue weighted by Crippen LogP contribution is -2.44. The monoisotopic (exact) mass is 236 g/mol. The minimum atomic E-state index is -3.59. The lowest BCUT2D eigenvalue weighted by molar-refractivity contribution is -0.146. The number of rotatable bonds is 6. The third kappa shape index (κ3) is 3.30. The zero-order valence-corrected chi connectivity index (χ0v) is 9.96. The Morgan fingerprint density at radius 2 is 2.00 bits per heavy atom. The van der Waals surface area contributed by atoms with E-state index in [0.717, 1.165) is 6.26 Å². The van der Waals surface area contributed by atoms with Crippen molar-refractivity contribution < 1.29 is 22.7 Å². The maximum atomic E-state index is 11.5. The van der Waals surface area contributed by atoms with E-state index >= 15 is 0 Å². The first kappa shape index (κ1) is 14.1. The number of aldehydes is 1. The third-order valence-electron chi connectivity index (χ3n) is 2.26. The average molecular weight is 236 g/mol. The summed E-state index contributed by atoms with van der Waals surface area (Å²) in [6, 6.07) is 0. The first-order valence-corrected chi connectivity index (χ1v) is 6.49. The molecule has 0 fully saturated rings. The molecule has 0 N–H and O–H groups in total. The van der Waals surface area contributed by atoms with Gasteiger partial charge in [-0.15, -0.1) is 0 Å². The summed E-state index contributed by atoms with van der Waals surface area (Å²) in [5, 5.41) is 0. The van der Waals surface area contributed by atoms with E-state index in [0.29, 0.717) is 6.29 Å². The lowest BCUT2D eigenvalue weighted by Gasteiger charge is -2.24. The van der Waals surface area contributed by atoms with Gasteiger partial charge in [0.25, 0.3) is 0 Å². The van der Waals surface area contributed by atoms with E-state index in [4.69, 9.17) is 4.74 Å². The fourth-order valence-electron chi connectivity index (χ4n) is 1.06. The first-order chi connectivity index (χ1) is 6.79. The normalized spacial score (nSPS) is 15.4. The van der Waals surface area contributed by atoms with Crippen LogP contribution in [0, 0.1) is 0 Å². The molecule has 0 aromatic heterocycles. The van der Waals surface area contributed by atoms with Crippen LogP contribution < -0.4 is 0 Å². The SMILES string of the molecule is CCOC(=O)[C@@](C)(CCC=O)S(C)(=O)=O. The Bertz CT molecular complexity index is 332. The summed E-state index contributed by atoms with van der Waals surface area (Å²) in [5.74, 6) is -0.797. The minimum Gasteiger partial charge on any atom is -0.465 e. The maximum Gasteiger partial charge on any atom is 0.327 e. The summed E-state index contributed by atoms with van der Waals surface area (Å²) in [6.45, 7) is 3.00. The molecular formula is C9H16O5S. The predicted octanol–water partition coefficient (Wildman–Crippen LogP) is 0.332. The van der Waals surface area contributed by atoms with Gasteiger partial charge in [0.15, 0.2) is 14.6 Å². The summed E-state index contributed by atoms with van der Waals surface area (Å²) in [5.41, 5.74) is 0. The zero-order chi connectivity index (χ0) is 12.1. The molecule has 0 spiro atoms. The van der Waals surface area contributed by atoms with Crippen LogP contribution in [0.2, 0.25) is 0 Å². The van der Waals surface area contributed by atoms with Crippen molar-refractivity contribution in [2.45, 2.75) is 31.4 Å².